The number of thioether (sulfide) groups is 1. The quantitative estimate of drug-likeness (QED) is 0.453. The number of amides is 1. The smallest absolute Gasteiger partial charge is 0.269 e. The second-order valence-corrected chi connectivity index (χ2v) is 6.24. The van der Waals surface area contributed by atoms with Crippen LogP contribution in [0.25, 0.3) is 0 Å². The Kier molecular flexibility index (Phi) is 5.67. The van der Waals surface area contributed by atoms with Gasteiger partial charge in [0.2, 0.25) is 11.0 Å². The molecule has 1 heterocycles. The van der Waals surface area contributed by atoms with Crippen molar-refractivity contribution in [3.63, 3.8) is 0 Å². The van der Waals surface area contributed by atoms with Crippen molar-refractivity contribution < 1.29 is 9.72 Å². The van der Waals surface area contributed by atoms with Crippen LogP contribution in [0.3, 0.4) is 0 Å². The average Bonchev–Trinajstić information content (AvgIpc) is 2.94. The zero-order valence-electron chi connectivity index (χ0n) is 11.6. The number of nitro benzene ring substituents is 1. The van der Waals surface area contributed by atoms with Crippen molar-refractivity contribution >= 4 is 45.5 Å². The van der Waals surface area contributed by atoms with Gasteiger partial charge in [-0.05, 0) is 19.1 Å². The van der Waals surface area contributed by atoms with Gasteiger partial charge in [0, 0.05) is 24.4 Å². The first-order valence-electron chi connectivity index (χ1n) is 6.33. The van der Waals surface area contributed by atoms with Crippen LogP contribution < -0.4 is 10.6 Å². The van der Waals surface area contributed by atoms with Crippen LogP contribution in [0.5, 0.6) is 0 Å². The van der Waals surface area contributed by atoms with Gasteiger partial charge in [0.05, 0.1) is 10.7 Å². The monoisotopic (exact) mass is 339 g/mol. The van der Waals surface area contributed by atoms with Gasteiger partial charge >= 0.3 is 0 Å². The van der Waals surface area contributed by atoms with Gasteiger partial charge in [-0.3, -0.25) is 14.9 Å². The normalized spacial score (nSPS) is 10.2. The minimum atomic E-state index is -0.487. The maximum Gasteiger partial charge on any atom is 0.269 e. The molecule has 0 saturated carbocycles. The topological polar surface area (TPSA) is 110 Å². The second-order valence-electron chi connectivity index (χ2n) is 4.04. The predicted octanol–water partition coefficient (Wildman–Crippen LogP) is 2.61. The third-order valence-electron chi connectivity index (χ3n) is 2.42. The van der Waals surface area contributed by atoms with E-state index in [0.717, 1.165) is 11.7 Å². The highest BCUT2D eigenvalue weighted by Crippen LogP contribution is 2.25. The van der Waals surface area contributed by atoms with Gasteiger partial charge in [0.15, 0.2) is 4.34 Å². The largest absolute Gasteiger partial charge is 0.360 e. The summed E-state index contributed by atoms with van der Waals surface area (Å²) < 4.78 is 0.704. The Labute approximate surface area is 134 Å². The molecule has 116 valence electrons. The lowest BCUT2D eigenvalue weighted by atomic mass is 10.3. The van der Waals surface area contributed by atoms with Crippen LogP contribution in [0, 0.1) is 10.1 Å². The van der Waals surface area contributed by atoms with Crippen molar-refractivity contribution in [1.29, 1.82) is 0 Å². The van der Waals surface area contributed by atoms with Gasteiger partial charge in [-0.25, -0.2) is 0 Å². The Morgan fingerprint density at radius 2 is 2.09 bits per heavy atom. The number of carbonyl (C=O) groups is 1. The summed E-state index contributed by atoms with van der Waals surface area (Å²) in [5, 5.41) is 24.9. The van der Waals surface area contributed by atoms with Crippen LogP contribution in [-0.2, 0) is 4.79 Å². The minimum Gasteiger partial charge on any atom is -0.360 e. The van der Waals surface area contributed by atoms with Crippen molar-refractivity contribution in [1.82, 2.24) is 10.2 Å². The molecule has 1 amide bonds. The molecule has 0 aliphatic carbocycles. The van der Waals surface area contributed by atoms with Gasteiger partial charge in [-0.15, -0.1) is 10.2 Å². The van der Waals surface area contributed by atoms with Crippen LogP contribution in [0.1, 0.15) is 6.92 Å². The zero-order chi connectivity index (χ0) is 15.9. The summed E-state index contributed by atoms with van der Waals surface area (Å²) in [5.41, 5.74) is 0.499. The first kappa shape index (κ1) is 16.2. The van der Waals surface area contributed by atoms with E-state index >= 15 is 0 Å². The lowest BCUT2D eigenvalue weighted by molar-refractivity contribution is -0.384. The first-order chi connectivity index (χ1) is 10.6. The van der Waals surface area contributed by atoms with E-state index in [1.807, 2.05) is 6.92 Å². The Morgan fingerprint density at radius 3 is 2.73 bits per heavy atom. The summed E-state index contributed by atoms with van der Waals surface area (Å²) in [6.07, 6.45) is 0. The maximum atomic E-state index is 11.8. The fourth-order valence-corrected chi connectivity index (χ4v) is 3.10. The molecule has 0 atom stereocenters. The molecule has 1 aromatic heterocycles. The number of anilines is 2. The van der Waals surface area contributed by atoms with E-state index in [1.54, 1.807) is 0 Å². The van der Waals surface area contributed by atoms with E-state index in [1.165, 1.54) is 47.4 Å². The lowest BCUT2D eigenvalue weighted by Gasteiger charge is -2.03. The number of non-ortho nitro benzene ring substituents is 1. The standard InChI is InChI=1S/C12H13N5O3S2/c1-2-13-11-15-16-12(22-11)21-7-10(18)14-8-3-5-9(6-4-8)17(19)20/h3-6H,2,7H2,1H3,(H,13,15)(H,14,18). The van der Waals surface area contributed by atoms with Crippen LogP contribution >= 0.6 is 23.1 Å². The summed E-state index contributed by atoms with van der Waals surface area (Å²) >= 11 is 2.67. The second kappa shape index (κ2) is 7.71. The van der Waals surface area contributed by atoms with Crippen LogP contribution in [0.2, 0.25) is 0 Å². The van der Waals surface area contributed by atoms with E-state index in [2.05, 4.69) is 20.8 Å². The highest BCUT2D eigenvalue weighted by atomic mass is 32.2. The van der Waals surface area contributed by atoms with Crippen molar-refractivity contribution in [3.8, 4) is 0 Å². The fourth-order valence-electron chi connectivity index (χ4n) is 1.48. The SMILES string of the molecule is CCNc1nnc(SCC(=O)Nc2ccc([N+](=O)[O-])cc2)s1. The molecule has 0 saturated heterocycles. The molecule has 0 radical (unpaired) electrons. The molecule has 2 rings (SSSR count). The minimum absolute atomic E-state index is 0.0165. The first-order valence-corrected chi connectivity index (χ1v) is 8.13. The highest BCUT2D eigenvalue weighted by molar-refractivity contribution is 8.01. The fraction of sp³-hybridized carbons (Fsp3) is 0.250. The maximum absolute atomic E-state index is 11.8. The Hall–Kier alpha value is -2.20. The molecular weight excluding hydrogens is 326 g/mol. The number of hydrogen-bond acceptors (Lipinski definition) is 8. The molecule has 10 heteroatoms. The van der Waals surface area contributed by atoms with Crippen molar-refractivity contribution in [2.45, 2.75) is 11.3 Å². The molecule has 2 N–H and O–H groups in total. The van der Waals surface area contributed by atoms with Crippen LogP contribution in [0.4, 0.5) is 16.5 Å². The van der Waals surface area contributed by atoms with Gasteiger partial charge in [-0.2, -0.15) is 0 Å². The molecule has 2 aromatic rings. The summed E-state index contributed by atoms with van der Waals surface area (Å²) in [5.74, 6) is -0.0170. The van der Waals surface area contributed by atoms with Crippen molar-refractivity contribution in [2.75, 3.05) is 22.9 Å². The molecule has 0 aliphatic rings. The third-order valence-corrected chi connectivity index (χ3v) is 4.44. The summed E-state index contributed by atoms with van der Waals surface area (Å²) in [4.78, 5) is 21.9. The number of benzene rings is 1. The highest BCUT2D eigenvalue weighted by Gasteiger charge is 2.09. The third kappa shape index (κ3) is 4.67. The van der Waals surface area contributed by atoms with Gasteiger partial charge in [-0.1, -0.05) is 23.1 Å². The van der Waals surface area contributed by atoms with Gasteiger partial charge in [0.1, 0.15) is 0 Å². The summed E-state index contributed by atoms with van der Waals surface area (Å²) in [7, 11) is 0. The van der Waals surface area contributed by atoms with E-state index < -0.39 is 4.92 Å². The molecule has 22 heavy (non-hydrogen) atoms. The van der Waals surface area contributed by atoms with Gasteiger partial charge in [0.25, 0.3) is 5.69 Å². The van der Waals surface area contributed by atoms with E-state index in [9.17, 15) is 14.9 Å². The Bertz CT molecular complexity index is 659. The number of nitrogens with one attached hydrogen (secondary N) is 2. The molecule has 0 aliphatic heterocycles. The Morgan fingerprint density at radius 1 is 1.36 bits per heavy atom. The number of rotatable bonds is 7. The number of nitro groups is 1. The summed E-state index contributed by atoms with van der Waals surface area (Å²) in [6.45, 7) is 2.73. The number of nitrogens with zero attached hydrogens (tertiary/aromatic N) is 3. The molecule has 0 bridgehead atoms. The average molecular weight is 339 g/mol. The van der Waals surface area contributed by atoms with Crippen molar-refractivity contribution in [3.05, 3.63) is 34.4 Å². The lowest BCUT2D eigenvalue weighted by Crippen LogP contribution is -2.13. The van der Waals surface area contributed by atoms with E-state index in [0.29, 0.717) is 10.0 Å². The van der Waals surface area contributed by atoms with Gasteiger partial charge < -0.3 is 10.6 Å². The Balaban J connectivity index is 1.83. The number of aromatic nitrogens is 2. The molecular formula is C12H13N5O3S2. The number of carbonyl (C=O) groups excluding carboxylic acids is 1. The molecule has 0 unspecified atom stereocenters. The summed E-state index contributed by atoms with van der Waals surface area (Å²) in [6, 6.07) is 5.68. The number of hydrogen-bond donors (Lipinski definition) is 2. The molecule has 0 fully saturated rings. The predicted molar refractivity (Wildman–Crippen MR) is 86.5 cm³/mol. The van der Waals surface area contributed by atoms with Crippen molar-refractivity contribution in [2.24, 2.45) is 0 Å². The van der Waals surface area contributed by atoms with E-state index in [-0.39, 0.29) is 17.3 Å². The molecule has 0 spiro atoms. The van der Waals surface area contributed by atoms with Crippen LogP contribution in [0.15, 0.2) is 28.6 Å². The van der Waals surface area contributed by atoms with E-state index in [4.69, 9.17) is 0 Å². The zero-order valence-corrected chi connectivity index (χ0v) is 13.2. The van der Waals surface area contributed by atoms with Crippen LogP contribution in [-0.4, -0.2) is 33.3 Å². The molecule has 8 nitrogen and oxygen atoms in total. The molecule has 1 aromatic carbocycles.